The maximum atomic E-state index is 12.4. The summed E-state index contributed by atoms with van der Waals surface area (Å²) in [6, 6.07) is 10.7. The van der Waals surface area contributed by atoms with Gasteiger partial charge in [0, 0.05) is 22.0 Å². The average Bonchev–Trinajstić information content (AvgIpc) is 2.82. The molecule has 0 aliphatic carbocycles. The Kier molecular flexibility index (Phi) is 5.22. The highest BCUT2D eigenvalue weighted by Crippen LogP contribution is 2.23. The lowest BCUT2D eigenvalue weighted by molar-refractivity contribution is 0.0863. The Morgan fingerprint density at radius 1 is 1.30 bits per heavy atom. The van der Waals surface area contributed by atoms with Crippen LogP contribution in [0.3, 0.4) is 0 Å². The smallest absolute Gasteiger partial charge is 0.179 e. The largest absolute Gasteiger partial charge is 0.292 e. The van der Waals surface area contributed by atoms with E-state index >= 15 is 0 Å². The molecule has 0 aliphatic heterocycles. The van der Waals surface area contributed by atoms with Gasteiger partial charge in [0.1, 0.15) is 0 Å². The molecule has 0 amide bonds. The summed E-state index contributed by atoms with van der Waals surface area (Å²) in [5.74, 6) is 0.0673. The summed E-state index contributed by atoms with van der Waals surface area (Å²) in [7, 11) is 1.93. The van der Waals surface area contributed by atoms with Crippen molar-refractivity contribution in [1.29, 1.82) is 0 Å². The predicted octanol–water partition coefficient (Wildman–Crippen LogP) is 4.76. The number of likely N-dealkylation sites (N-methyl/N-ethyl adjacent to an activating group) is 1. The maximum absolute atomic E-state index is 12.4. The number of benzene rings is 1. The van der Waals surface area contributed by atoms with E-state index < -0.39 is 0 Å². The zero-order valence-corrected chi connectivity index (χ0v) is 13.6. The van der Waals surface area contributed by atoms with Gasteiger partial charge in [-0.3, -0.25) is 9.69 Å². The van der Waals surface area contributed by atoms with Crippen molar-refractivity contribution in [3.63, 3.8) is 0 Å². The molecule has 1 aromatic heterocycles. The van der Waals surface area contributed by atoms with Crippen molar-refractivity contribution in [2.45, 2.75) is 19.5 Å². The third kappa shape index (κ3) is 3.83. The Hall–Kier alpha value is -0.870. The van der Waals surface area contributed by atoms with Crippen LogP contribution < -0.4 is 0 Å². The third-order valence-corrected chi connectivity index (χ3v) is 4.63. The van der Waals surface area contributed by atoms with E-state index in [0.29, 0.717) is 17.1 Å². The summed E-state index contributed by atoms with van der Waals surface area (Å²) >= 11 is 13.4. The summed E-state index contributed by atoms with van der Waals surface area (Å²) in [5.41, 5.74) is 0.640. The van der Waals surface area contributed by atoms with Crippen LogP contribution in [-0.2, 0) is 6.54 Å². The zero-order chi connectivity index (χ0) is 14.7. The maximum Gasteiger partial charge on any atom is 0.179 e. The number of carbonyl (C=O) groups excluding carboxylic acids is 1. The van der Waals surface area contributed by atoms with Crippen LogP contribution in [0.15, 0.2) is 36.4 Å². The van der Waals surface area contributed by atoms with Crippen LogP contribution in [-0.4, -0.2) is 23.8 Å². The minimum absolute atomic E-state index is 0.0673. The van der Waals surface area contributed by atoms with Crippen molar-refractivity contribution in [3.05, 3.63) is 56.2 Å². The Labute approximate surface area is 132 Å². The number of rotatable bonds is 5. The van der Waals surface area contributed by atoms with Crippen LogP contribution in [0.5, 0.6) is 0 Å². The Bertz CT molecular complexity index is 611. The second-order valence-corrected chi connectivity index (χ2v) is 6.91. The molecular formula is C15H15Cl2NOS. The van der Waals surface area contributed by atoms with E-state index in [1.165, 1.54) is 11.3 Å². The van der Waals surface area contributed by atoms with Crippen molar-refractivity contribution in [2.24, 2.45) is 0 Å². The zero-order valence-electron chi connectivity index (χ0n) is 11.3. The standard InChI is InChI=1S/C15H15Cl2NOS/c1-10(15(19)11-4-3-5-12(16)8-11)18(2)9-13-6-7-14(17)20-13/h3-8,10H,9H2,1-2H3. The van der Waals surface area contributed by atoms with Gasteiger partial charge in [-0.1, -0.05) is 35.3 Å². The van der Waals surface area contributed by atoms with Crippen LogP contribution in [0.1, 0.15) is 22.2 Å². The topological polar surface area (TPSA) is 20.3 Å². The van der Waals surface area contributed by atoms with Gasteiger partial charge >= 0.3 is 0 Å². The molecule has 2 aromatic rings. The van der Waals surface area contributed by atoms with Gasteiger partial charge in [0.05, 0.1) is 10.4 Å². The lowest BCUT2D eigenvalue weighted by Crippen LogP contribution is -2.35. The molecule has 5 heteroatoms. The van der Waals surface area contributed by atoms with Crippen LogP contribution in [0.25, 0.3) is 0 Å². The van der Waals surface area contributed by atoms with E-state index in [1.54, 1.807) is 24.3 Å². The van der Waals surface area contributed by atoms with Crippen molar-refractivity contribution >= 4 is 40.3 Å². The normalized spacial score (nSPS) is 12.7. The summed E-state index contributed by atoms with van der Waals surface area (Å²) in [6.45, 7) is 2.60. The van der Waals surface area contributed by atoms with Gasteiger partial charge in [0.25, 0.3) is 0 Å². The van der Waals surface area contributed by atoms with Crippen LogP contribution in [0, 0.1) is 0 Å². The molecule has 2 rings (SSSR count). The molecule has 1 heterocycles. The number of halogens is 2. The Morgan fingerprint density at radius 3 is 2.65 bits per heavy atom. The molecule has 20 heavy (non-hydrogen) atoms. The summed E-state index contributed by atoms with van der Waals surface area (Å²) in [4.78, 5) is 15.6. The van der Waals surface area contributed by atoms with E-state index in [9.17, 15) is 4.79 Å². The van der Waals surface area contributed by atoms with E-state index in [2.05, 4.69) is 0 Å². The highest BCUT2D eigenvalue weighted by Gasteiger charge is 2.20. The molecular weight excluding hydrogens is 313 g/mol. The van der Waals surface area contributed by atoms with Gasteiger partial charge < -0.3 is 0 Å². The predicted molar refractivity (Wildman–Crippen MR) is 86.0 cm³/mol. The minimum atomic E-state index is -0.214. The van der Waals surface area contributed by atoms with Gasteiger partial charge in [-0.05, 0) is 38.2 Å². The molecule has 1 aromatic carbocycles. The highest BCUT2D eigenvalue weighted by molar-refractivity contribution is 7.16. The van der Waals surface area contributed by atoms with Gasteiger partial charge in [-0.15, -0.1) is 11.3 Å². The average molecular weight is 328 g/mol. The number of hydrogen-bond acceptors (Lipinski definition) is 3. The fourth-order valence-corrected chi connectivity index (χ4v) is 3.24. The first kappa shape index (κ1) is 15.5. The fraction of sp³-hybridized carbons (Fsp3) is 0.267. The van der Waals surface area contributed by atoms with Crippen molar-refractivity contribution in [1.82, 2.24) is 4.90 Å². The molecule has 1 unspecified atom stereocenters. The number of Topliss-reactive ketones (excluding diaryl/α,β-unsaturated/α-hetero) is 1. The quantitative estimate of drug-likeness (QED) is 0.738. The number of carbonyl (C=O) groups is 1. The molecule has 2 nitrogen and oxygen atoms in total. The van der Waals surface area contributed by atoms with Crippen LogP contribution in [0.4, 0.5) is 0 Å². The van der Waals surface area contributed by atoms with E-state index in [4.69, 9.17) is 23.2 Å². The van der Waals surface area contributed by atoms with Crippen molar-refractivity contribution < 1.29 is 4.79 Å². The van der Waals surface area contributed by atoms with E-state index in [-0.39, 0.29) is 11.8 Å². The molecule has 0 saturated carbocycles. The second kappa shape index (κ2) is 6.72. The molecule has 0 aliphatic rings. The molecule has 0 bridgehead atoms. The summed E-state index contributed by atoms with van der Waals surface area (Å²) < 4.78 is 0.766. The van der Waals surface area contributed by atoms with Crippen molar-refractivity contribution in [3.8, 4) is 0 Å². The van der Waals surface area contributed by atoms with Crippen molar-refractivity contribution in [2.75, 3.05) is 7.05 Å². The van der Waals surface area contributed by atoms with Crippen LogP contribution >= 0.6 is 34.5 Å². The summed E-state index contributed by atoms with van der Waals surface area (Å²) in [5, 5.41) is 0.579. The number of nitrogens with zero attached hydrogens (tertiary/aromatic N) is 1. The molecule has 1 atom stereocenters. The monoisotopic (exact) mass is 327 g/mol. The lowest BCUT2D eigenvalue weighted by atomic mass is 10.0. The Morgan fingerprint density at radius 2 is 2.05 bits per heavy atom. The molecule has 0 radical (unpaired) electrons. The van der Waals surface area contributed by atoms with E-state index in [0.717, 1.165) is 9.21 Å². The number of hydrogen-bond donors (Lipinski definition) is 0. The summed E-state index contributed by atoms with van der Waals surface area (Å²) in [6.07, 6.45) is 0. The molecule has 0 saturated heterocycles. The lowest BCUT2D eigenvalue weighted by Gasteiger charge is -2.23. The first-order valence-corrected chi connectivity index (χ1v) is 7.79. The van der Waals surface area contributed by atoms with Crippen LogP contribution in [0.2, 0.25) is 9.36 Å². The molecule has 0 N–H and O–H groups in total. The molecule has 0 fully saturated rings. The molecule has 106 valence electrons. The van der Waals surface area contributed by atoms with Gasteiger partial charge in [-0.2, -0.15) is 0 Å². The second-order valence-electron chi connectivity index (χ2n) is 4.67. The SMILES string of the molecule is CC(C(=O)c1cccc(Cl)c1)N(C)Cc1ccc(Cl)s1. The van der Waals surface area contributed by atoms with Gasteiger partial charge in [0.2, 0.25) is 0 Å². The first-order chi connectivity index (χ1) is 9.47. The molecule has 0 spiro atoms. The third-order valence-electron chi connectivity index (χ3n) is 3.18. The Balaban J connectivity index is 2.06. The van der Waals surface area contributed by atoms with E-state index in [1.807, 2.05) is 31.0 Å². The highest BCUT2D eigenvalue weighted by atomic mass is 35.5. The minimum Gasteiger partial charge on any atom is -0.292 e. The number of thiophene rings is 1. The van der Waals surface area contributed by atoms with Gasteiger partial charge in [0.15, 0.2) is 5.78 Å². The van der Waals surface area contributed by atoms with Gasteiger partial charge in [-0.25, -0.2) is 0 Å². The fourth-order valence-electron chi connectivity index (χ4n) is 1.90. The first-order valence-electron chi connectivity index (χ1n) is 6.21. The number of ketones is 1.